The summed E-state index contributed by atoms with van der Waals surface area (Å²) in [5, 5.41) is 6.54. The quantitative estimate of drug-likeness (QED) is 0.781. The Morgan fingerprint density at radius 3 is 2.83 bits per heavy atom. The minimum atomic E-state index is -0.167. The van der Waals surface area contributed by atoms with Crippen molar-refractivity contribution in [1.82, 2.24) is 15.5 Å². The summed E-state index contributed by atoms with van der Waals surface area (Å²) >= 11 is 0. The molecule has 0 aliphatic carbocycles. The Morgan fingerprint density at radius 2 is 2.04 bits per heavy atom. The summed E-state index contributed by atoms with van der Waals surface area (Å²) in [4.78, 5) is 15.9. The number of ether oxygens (including phenoxy) is 1. The van der Waals surface area contributed by atoms with Crippen molar-refractivity contribution in [3.63, 3.8) is 0 Å². The molecule has 0 radical (unpaired) electrons. The molecule has 0 saturated heterocycles. The summed E-state index contributed by atoms with van der Waals surface area (Å²) in [6, 6.07) is 14.8. The van der Waals surface area contributed by atoms with E-state index in [0.29, 0.717) is 23.0 Å². The molecule has 1 amide bonds. The van der Waals surface area contributed by atoms with Gasteiger partial charge in [-0.2, -0.15) is 4.98 Å². The molecule has 2 aromatic carbocycles. The second kappa shape index (κ2) is 6.95. The maximum absolute atomic E-state index is 11.6. The Morgan fingerprint density at radius 1 is 1.21 bits per heavy atom. The number of carbonyl (C=O) groups excluding carboxylic acids is 1. The molecule has 0 bridgehead atoms. The van der Waals surface area contributed by atoms with Crippen LogP contribution >= 0.6 is 0 Å². The van der Waals surface area contributed by atoms with Crippen LogP contribution in [0.2, 0.25) is 0 Å². The fourth-order valence-electron chi connectivity index (χ4n) is 2.23. The van der Waals surface area contributed by atoms with Crippen LogP contribution in [0.5, 0.6) is 5.75 Å². The highest BCUT2D eigenvalue weighted by molar-refractivity contribution is 5.94. The monoisotopic (exact) mass is 323 g/mol. The highest BCUT2D eigenvalue weighted by Gasteiger charge is 2.10. The van der Waals surface area contributed by atoms with E-state index in [-0.39, 0.29) is 12.5 Å². The smallest absolute Gasteiger partial charge is 0.264 e. The van der Waals surface area contributed by atoms with Crippen molar-refractivity contribution in [3.8, 4) is 17.1 Å². The minimum absolute atomic E-state index is 0.135. The van der Waals surface area contributed by atoms with Crippen LogP contribution in [0.3, 0.4) is 0 Å². The maximum atomic E-state index is 11.6. The number of benzene rings is 2. The number of aromatic nitrogens is 2. The molecule has 0 aliphatic rings. The van der Waals surface area contributed by atoms with Gasteiger partial charge in [0.1, 0.15) is 5.75 Å². The van der Waals surface area contributed by atoms with E-state index in [1.807, 2.05) is 31.2 Å². The predicted molar refractivity (Wildman–Crippen MR) is 88.6 cm³/mol. The van der Waals surface area contributed by atoms with Crippen molar-refractivity contribution in [1.29, 1.82) is 0 Å². The van der Waals surface area contributed by atoms with Gasteiger partial charge in [-0.3, -0.25) is 4.79 Å². The van der Waals surface area contributed by atoms with Crippen molar-refractivity contribution >= 4 is 5.91 Å². The minimum Gasteiger partial charge on any atom is -0.484 e. The van der Waals surface area contributed by atoms with Crippen molar-refractivity contribution < 1.29 is 14.1 Å². The molecule has 0 spiro atoms. The maximum Gasteiger partial charge on any atom is 0.264 e. The van der Waals surface area contributed by atoms with Gasteiger partial charge in [0, 0.05) is 18.2 Å². The number of rotatable bonds is 5. The molecule has 1 heterocycles. The molecule has 0 aliphatic heterocycles. The average Bonchev–Trinajstić information content (AvgIpc) is 3.08. The van der Waals surface area contributed by atoms with E-state index >= 15 is 0 Å². The lowest BCUT2D eigenvalue weighted by Gasteiger charge is -2.05. The van der Waals surface area contributed by atoms with Gasteiger partial charge >= 0.3 is 0 Å². The van der Waals surface area contributed by atoms with Crippen LogP contribution < -0.4 is 10.1 Å². The van der Waals surface area contributed by atoms with E-state index in [1.54, 1.807) is 31.3 Å². The van der Waals surface area contributed by atoms with Crippen molar-refractivity contribution in [2.24, 2.45) is 0 Å². The Labute approximate surface area is 139 Å². The van der Waals surface area contributed by atoms with Crippen LogP contribution in [0.15, 0.2) is 53.1 Å². The first-order chi connectivity index (χ1) is 11.7. The van der Waals surface area contributed by atoms with Gasteiger partial charge in [-0.15, -0.1) is 0 Å². The number of carbonyl (C=O) groups is 1. The first-order valence-electron chi connectivity index (χ1n) is 7.50. The first-order valence-corrected chi connectivity index (χ1v) is 7.50. The lowest BCUT2D eigenvalue weighted by molar-refractivity contribution is 0.0962. The fraction of sp³-hybridized carbons (Fsp3) is 0.167. The summed E-state index contributed by atoms with van der Waals surface area (Å²) in [7, 11) is 1.58. The van der Waals surface area contributed by atoms with Gasteiger partial charge in [0.25, 0.3) is 11.8 Å². The molecule has 24 heavy (non-hydrogen) atoms. The molecule has 0 unspecified atom stereocenters. The van der Waals surface area contributed by atoms with E-state index in [9.17, 15) is 4.79 Å². The Hall–Kier alpha value is -3.15. The molecule has 122 valence electrons. The molecule has 3 aromatic rings. The number of aryl methyl sites for hydroxylation is 1. The summed E-state index contributed by atoms with van der Waals surface area (Å²) in [5.74, 6) is 1.29. The summed E-state index contributed by atoms with van der Waals surface area (Å²) in [6.07, 6.45) is 0. The van der Waals surface area contributed by atoms with Gasteiger partial charge in [0.2, 0.25) is 5.82 Å². The molecule has 6 nitrogen and oxygen atoms in total. The molecule has 1 N–H and O–H groups in total. The summed E-state index contributed by atoms with van der Waals surface area (Å²) < 4.78 is 10.8. The molecule has 3 rings (SSSR count). The number of hydrogen-bond acceptors (Lipinski definition) is 5. The van der Waals surface area contributed by atoms with Crippen LogP contribution in [0, 0.1) is 6.92 Å². The molecule has 1 aromatic heterocycles. The third-order valence-corrected chi connectivity index (χ3v) is 3.43. The van der Waals surface area contributed by atoms with Gasteiger partial charge in [-0.25, -0.2) is 0 Å². The van der Waals surface area contributed by atoms with Crippen molar-refractivity contribution in [2.75, 3.05) is 7.05 Å². The Balaban J connectivity index is 1.69. The number of nitrogens with zero attached hydrogens (tertiary/aromatic N) is 2. The van der Waals surface area contributed by atoms with Crippen LogP contribution in [0.4, 0.5) is 0 Å². The van der Waals surface area contributed by atoms with Gasteiger partial charge in [-0.1, -0.05) is 35.0 Å². The molecular formula is C18H17N3O3. The third kappa shape index (κ3) is 3.60. The number of nitrogens with one attached hydrogen (secondary N) is 1. The van der Waals surface area contributed by atoms with E-state index in [2.05, 4.69) is 15.5 Å². The molecular weight excluding hydrogens is 306 g/mol. The van der Waals surface area contributed by atoms with E-state index in [0.717, 1.165) is 11.1 Å². The van der Waals surface area contributed by atoms with Gasteiger partial charge in [0.05, 0.1) is 0 Å². The van der Waals surface area contributed by atoms with Crippen molar-refractivity contribution in [2.45, 2.75) is 13.5 Å². The van der Waals surface area contributed by atoms with Crippen LogP contribution in [0.25, 0.3) is 11.4 Å². The first kappa shape index (κ1) is 15.7. The summed E-state index contributed by atoms with van der Waals surface area (Å²) in [6.45, 7) is 2.14. The standard InChI is InChI=1S/C18H17N3O3/c1-12-5-3-6-13(9-12)17-20-16(24-21-17)11-23-15-8-4-7-14(10-15)18(22)19-2/h3-10H,11H2,1-2H3,(H,19,22). The highest BCUT2D eigenvalue weighted by atomic mass is 16.5. The lowest BCUT2D eigenvalue weighted by atomic mass is 10.1. The Bertz CT molecular complexity index is 858. The normalized spacial score (nSPS) is 10.4. The molecule has 0 saturated carbocycles. The number of hydrogen-bond donors (Lipinski definition) is 1. The lowest BCUT2D eigenvalue weighted by Crippen LogP contribution is -2.17. The zero-order valence-corrected chi connectivity index (χ0v) is 13.4. The summed E-state index contributed by atoms with van der Waals surface area (Å²) in [5.41, 5.74) is 2.55. The van der Waals surface area contributed by atoms with E-state index < -0.39 is 0 Å². The molecule has 0 fully saturated rings. The van der Waals surface area contributed by atoms with E-state index in [4.69, 9.17) is 9.26 Å². The zero-order chi connectivity index (χ0) is 16.9. The van der Waals surface area contributed by atoms with Gasteiger partial charge < -0.3 is 14.6 Å². The third-order valence-electron chi connectivity index (χ3n) is 3.43. The Kier molecular flexibility index (Phi) is 4.56. The molecule has 6 heteroatoms. The largest absolute Gasteiger partial charge is 0.484 e. The van der Waals surface area contributed by atoms with Crippen LogP contribution in [-0.4, -0.2) is 23.1 Å². The second-order valence-corrected chi connectivity index (χ2v) is 5.28. The van der Waals surface area contributed by atoms with Gasteiger partial charge in [0.15, 0.2) is 6.61 Å². The topological polar surface area (TPSA) is 77.2 Å². The predicted octanol–water partition coefficient (Wildman–Crippen LogP) is 2.98. The van der Waals surface area contributed by atoms with Crippen LogP contribution in [-0.2, 0) is 6.61 Å². The second-order valence-electron chi connectivity index (χ2n) is 5.28. The average molecular weight is 323 g/mol. The fourth-order valence-corrected chi connectivity index (χ4v) is 2.23. The highest BCUT2D eigenvalue weighted by Crippen LogP contribution is 2.18. The van der Waals surface area contributed by atoms with Crippen molar-refractivity contribution in [3.05, 3.63) is 65.5 Å². The van der Waals surface area contributed by atoms with E-state index in [1.165, 1.54) is 0 Å². The van der Waals surface area contributed by atoms with Crippen LogP contribution in [0.1, 0.15) is 21.8 Å². The zero-order valence-electron chi connectivity index (χ0n) is 13.4. The number of amides is 1. The molecule has 0 atom stereocenters. The SMILES string of the molecule is CNC(=O)c1cccc(OCc2nc(-c3cccc(C)c3)no2)c1. The van der Waals surface area contributed by atoms with Gasteiger partial charge in [-0.05, 0) is 31.2 Å².